The molecule has 1 aliphatic carbocycles. The Hall–Kier alpha value is -0.780. The van der Waals surface area contributed by atoms with Crippen LogP contribution in [0.1, 0.15) is 39.5 Å². The minimum absolute atomic E-state index is 0.0312. The van der Waals surface area contributed by atoms with E-state index in [2.05, 4.69) is 0 Å². The van der Waals surface area contributed by atoms with E-state index in [1.807, 2.05) is 13.8 Å². The van der Waals surface area contributed by atoms with Gasteiger partial charge in [0, 0.05) is 12.6 Å². The predicted octanol–water partition coefficient (Wildman–Crippen LogP) is 3.15. The Morgan fingerprint density at radius 2 is 2.00 bits per heavy atom. The molecule has 19 heavy (non-hydrogen) atoms. The van der Waals surface area contributed by atoms with E-state index in [1.165, 1.54) is 0 Å². The molecule has 0 saturated heterocycles. The van der Waals surface area contributed by atoms with Gasteiger partial charge in [0.25, 0.3) is 0 Å². The van der Waals surface area contributed by atoms with Crippen LogP contribution in [-0.4, -0.2) is 41.3 Å². The number of aliphatic carboxylic acids is 1. The molecule has 0 bridgehead atoms. The first-order valence-corrected chi connectivity index (χ1v) is 6.72. The lowest BCUT2D eigenvalue weighted by molar-refractivity contribution is -0.187. The molecule has 2 unspecified atom stereocenters. The summed E-state index contributed by atoms with van der Waals surface area (Å²) < 4.78 is 38.3. The summed E-state index contributed by atoms with van der Waals surface area (Å²) in [6.45, 7) is 4.24. The highest BCUT2D eigenvalue weighted by atomic mass is 19.4. The van der Waals surface area contributed by atoms with Crippen molar-refractivity contribution in [2.75, 3.05) is 13.1 Å². The molecule has 1 aliphatic rings. The van der Waals surface area contributed by atoms with E-state index in [0.717, 1.165) is 0 Å². The van der Waals surface area contributed by atoms with Gasteiger partial charge in [-0.25, -0.2) is 0 Å². The summed E-state index contributed by atoms with van der Waals surface area (Å²) in [5, 5.41) is 8.89. The maximum atomic E-state index is 12.8. The van der Waals surface area contributed by atoms with Crippen LogP contribution in [0.3, 0.4) is 0 Å². The van der Waals surface area contributed by atoms with Crippen molar-refractivity contribution in [3.8, 4) is 0 Å². The molecular weight excluding hydrogens is 259 g/mol. The van der Waals surface area contributed by atoms with Crippen molar-refractivity contribution >= 4 is 5.97 Å². The number of hydrogen-bond acceptors (Lipinski definition) is 2. The first-order chi connectivity index (χ1) is 8.70. The van der Waals surface area contributed by atoms with Crippen molar-refractivity contribution < 1.29 is 23.1 Å². The molecule has 112 valence electrons. The highest BCUT2D eigenvalue weighted by Gasteiger charge is 2.43. The number of carboxylic acids is 1. The molecular formula is C13H22F3NO2. The standard InChI is InChI=1S/C13H22F3NO2/c1-9(2)7-17(8-12(18)19)11-5-3-4-10(6-11)13(14,15)16/h9-11H,3-8H2,1-2H3,(H,18,19). The number of alkyl halides is 3. The van der Waals surface area contributed by atoms with Gasteiger partial charge in [-0.15, -0.1) is 0 Å². The van der Waals surface area contributed by atoms with E-state index in [-0.39, 0.29) is 31.3 Å². The van der Waals surface area contributed by atoms with Gasteiger partial charge >= 0.3 is 12.1 Å². The Bertz CT molecular complexity index is 305. The molecule has 0 aromatic carbocycles. The summed E-state index contributed by atoms with van der Waals surface area (Å²) in [7, 11) is 0. The van der Waals surface area contributed by atoms with Crippen molar-refractivity contribution in [1.82, 2.24) is 4.90 Å². The Morgan fingerprint density at radius 3 is 2.47 bits per heavy atom. The molecule has 0 aromatic rings. The van der Waals surface area contributed by atoms with Gasteiger partial charge < -0.3 is 5.11 Å². The largest absolute Gasteiger partial charge is 0.480 e. The Balaban J connectivity index is 2.69. The van der Waals surface area contributed by atoms with Gasteiger partial charge in [0.1, 0.15) is 0 Å². The van der Waals surface area contributed by atoms with Crippen LogP contribution in [0, 0.1) is 11.8 Å². The second-order valence-electron chi connectivity index (χ2n) is 5.78. The average molecular weight is 281 g/mol. The van der Waals surface area contributed by atoms with Crippen molar-refractivity contribution in [3.05, 3.63) is 0 Å². The molecule has 1 saturated carbocycles. The van der Waals surface area contributed by atoms with Gasteiger partial charge in [0.2, 0.25) is 0 Å². The minimum atomic E-state index is -4.16. The third kappa shape index (κ3) is 5.38. The number of halogens is 3. The number of hydrogen-bond donors (Lipinski definition) is 1. The van der Waals surface area contributed by atoms with E-state index in [1.54, 1.807) is 4.90 Å². The molecule has 3 nitrogen and oxygen atoms in total. The van der Waals surface area contributed by atoms with Crippen LogP contribution >= 0.6 is 0 Å². The summed E-state index contributed by atoms with van der Waals surface area (Å²) in [6.07, 6.45) is -2.78. The second-order valence-corrected chi connectivity index (χ2v) is 5.78. The molecule has 0 heterocycles. The molecule has 0 spiro atoms. The molecule has 1 fully saturated rings. The summed E-state index contributed by atoms with van der Waals surface area (Å²) in [6, 6.07) is -0.265. The molecule has 0 aromatic heterocycles. The van der Waals surface area contributed by atoms with Crippen LogP contribution in [-0.2, 0) is 4.79 Å². The molecule has 0 aliphatic heterocycles. The topological polar surface area (TPSA) is 40.5 Å². The smallest absolute Gasteiger partial charge is 0.391 e. The van der Waals surface area contributed by atoms with Crippen LogP contribution in [0.2, 0.25) is 0 Å². The molecule has 1 rings (SSSR count). The van der Waals surface area contributed by atoms with Gasteiger partial charge in [-0.2, -0.15) is 13.2 Å². The van der Waals surface area contributed by atoms with Gasteiger partial charge in [0.05, 0.1) is 12.5 Å². The van der Waals surface area contributed by atoms with Gasteiger partial charge in [-0.1, -0.05) is 20.3 Å². The lowest BCUT2D eigenvalue weighted by Gasteiger charge is -2.38. The molecule has 2 atom stereocenters. The summed E-state index contributed by atoms with van der Waals surface area (Å²) in [5.41, 5.74) is 0. The van der Waals surface area contributed by atoms with E-state index < -0.39 is 18.1 Å². The Labute approximate surface area is 111 Å². The monoisotopic (exact) mass is 281 g/mol. The summed E-state index contributed by atoms with van der Waals surface area (Å²) in [4.78, 5) is 12.5. The molecule has 0 amide bonds. The van der Waals surface area contributed by atoms with Crippen molar-refractivity contribution in [2.24, 2.45) is 11.8 Å². The molecule has 0 radical (unpaired) electrons. The number of carboxylic acid groups (broad SMARTS) is 1. The number of rotatable bonds is 5. The molecule has 1 N–H and O–H groups in total. The Kier molecular flexibility index (Phi) is 5.64. The normalized spacial score (nSPS) is 25.0. The van der Waals surface area contributed by atoms with E-state index in [0.29, 0.717) is 19.4 Å². The molecule has 6 heteroatoms. The van der Waals surface area contributed by atoms with Crippen molar-refractivity contribution in [1.29, 1.82) is 0 Å². The second kappa shape index (κ2) is 6.59. The third-order valence-corrected chi connectivity index (χ3v) is 3.56. The first-order valence-electron chi connectivity index (χ1n) is 6.72. The fourth-order valence-corrected chi connectivity index (χ4v) is 2.78. The van der Waals surface area contributed by atoms with E-state index in [4.69, 9.17) is 5.11 Å². The number of nitrogens with zero attached hydrogens (tertiary/aromatic N) is 1. The van der Waals surface area contributed by atoms with Crippen LogP contribution in [0.4, 0.5) is 13.2 Å². The van der Waals surface area contributed by atoms with Gasteiger partial charge in [0.15, 0.2) is 0 Å². The highest BCUT2D eigenvalue weighted by Crippen LogP contribution is 2.39. The van der Waals surface area contributed by atoms with Crippen molar-refractivity contribution in [2.45, 2.75) is 51.7 Å². The van der Waals surface area contributed by atoms with Crippen LogP contribution in [0.15, 0.2) is 0 Å². The van der Waals surface area contributed by atoms with Gasteiger partial charge in [-0.05, 0) is 25.2 Å². The summed E-state index contributed by atoms with van der Waals surface area (Å²) in [5.74, 6) is -2.02. The maximum Gasteiger partial charge on any atom is 0.391 e. The third-order valence-electron chi connectivity index (χ3n) is 3.56. The van der Waals surface area contributed by atoms with Crippen LogP contribution in [0.25, 0.3) is 0 Å². The zero-order valence-corrected chi connectivity index (χ0v) is 11.4. The maximum absolute atomic E-state index is 12.8. The SMILES string of the molecule is CC(C)CN(CC(=O)O)C1CCCC(C(F)(F)F)C1. The minimum Gasteiger partial charge on any atom is -0.480 e. The first kappa shape index (κ1) is 16.3. The average Bonchev–Trinajstić information content (AvgIpc) is 2.26. The number of carbonyl (C=O) groups is 1. The quantitative estimate of drug-likeness (QED) is 0.841. The van der Waals surface area contributed by atoms with Crippen LogP contribution < -0.4 is 0 Å². The lowest BCUT2D eigenvalue weighted by atomic mass is 9.84. The van der Waals surface area contributed by atoms with Crippen molar-refractivity contribution in [3.63, 3.8) is 0 Å². The zero-order chi connectivity index (χ0) is 14.6. The summed E-state index contributed by atoms with van der Waals surface area (Å²) >= 11 is 0. The predicted molar refractivity (Wildman–Crippen MR) is 65.8 cm³/mol. The van der Waals surface area contributed by atoms with Gasteiger partial charge in [-0.3, -0.25) is 9.69 Å². The lowest BCUT2D eigenvalue weighted by Crippen LogP contribution is -2.45. The fourth-order valence-electron chi connectivity index (χ4n) is 2.78. The van der Waals surface area contributed by atoms with E-state index >= 15 is 0 Å². The van der Waals surface area contributed by atoms with E-state index in [9.17, 15) is 18.0 Å². The van der Waals surface area contributed by atoms with Crippen LogP contribution in [0.5, 0.6) is 0 Å². The highest BCUT2D eigenvalue weighted by molar-refractivity contribution is 5.69. The fraction of sp³-hybridized carbons (Fsp3) is 0.923. The Morgan fingerprint density at radius 1 is 1.37 bits per heavy atom. The zero-order valence-electron chi connectivity index (χ0n) is 11.4.